The second-order valence-corrected chi connectivity index (χ2v) is 5.87. The Morgan fingerprint density at radius 3 is 2.81 bits per heavy atom. The summed E-state index contributed by atoms with van der Waals surface area (Å²) in [4.78, 5) is 16.0. The molecule has 5 N–H and O–H groups in total. The van der Waals surface area contributed by atoms with Crippen LogP contribution in [-0.4, -0.2) is 29.8 Å². The Kier molecular flexibility index (Phi) is 7.85. The van der Waals surface area contributed by atoms with Crippen molar-refractivity contribution in [2.24, 2.45) is 16.5 Å². The molecule has 0 bridgehead atoms. The molecule has 0 aromatic heterocycles. The number of nitrogens with two attached hydrogens (primary N) is 2. The highest BCUT2D eigenvalue weighted by Gasteiger charge is 2.12. The van der Waals surface area contributed by atoms with E-state index < -0.39 is 6.04 Å². The molecule has 0 aliphatic rings. The highest BCUT2D eigenvalue weighted by atomic mass is 32.2. The fourth-order valence-electron chi connectivity index (χ4n) is 1.75. The van der Waals surface area contributed by atoms with Gasteiger partial charge in [0, 0.05) is 6.54 Å². The van der Waals surface area contributed by atoms with Crippen LogP contribution in [0.15, 0.2) is 29.3 Å². The third kappa shape index (κ3) is 7.15. The number of amidine groups is 1. The van der Waals surface area contributed by atoms with Gasteiger partial charge in [0.1, 0.15) is 0 Å². The average molecular weight is 308 g/mol. The van der Waals surface area contributed by atoms with Crippen molar-refractivity contribution in [2.45, 2.75) is 32.5 Å². The lowest BCUT2D eigenvalue weighted by molar-refractivity contribution is -0.122. The molecule has 21 heavy (non-hydrogen) atoms. The van der Waals surface area contributed by atoms with Gasteiger partial charge in [0.05, 0.1) is 18.4 Å². The number of amides is 1. The van der Waals surface area contributed by atoms with Crippen LogP contribution in [0.5, 0.6) is 0 Å². The maximum Gasteiger partial charge on any atom is 0.237 e. The largest absolute Gasteiger partial charge is 0.388 e. The zero-order chi connectivity index (χ0) is 15.7. The number of benzene rings is 1. The summed E-state index contributed by atoms with van der Waals surface area (Å²) < 4.78 is 0. The molecule has 1 rings (SSSR count). The van der Waals surface area contributed by atoms with Gasteiger partial charge in [-0.2, -0.15) is 11.8 Å². The second-order valence-electron chi connectivity index (χ2n) is 4.88. The number of carbonyl (C=O) groups is 1. The van der Waals surface area contributed by atoms with Gasteiger partial charge >= 0.3 is 0 Å². The monoisotopic (exact) mass is 308 g/mol. The zero-order valence-electron chi connectivity index (χ0n) is 12.6. The van der Waals surface area contributed by atoms with E-state index in [0.29, 0.717) is 25.3 Å². The van der Waals surface area contributed by atoms with E-state index in [1.807, 2.05) is 30.5 Å². The number of rotatable bonds is 8. The Labute approximate surface area is 130 Å². The van der Waals surface area contributed by atoms with Gasteiger partial charge in [-0.1, -0.05) is 24.3 Å². The number of carbonyl (C=O) groups excluding carboxylic acids is 1. The van der Waals surface area contributed by atoms with E-state index >= 15 is 0 Å². The van der Waals surface area contributed by atoms with E-state index in [0.717, 1.165) is 16.9 Å². The predicted octanol–water partition coefficient (Wildman–Crippen LogP) is 1.26. The molecule has 0 saturated heterocycles. The first-order valence-electron chi connectivity index (χ1n) is 6.89. The second kappa shape index (κ2) is 9.41. The van der Waals surface area contributed by atoms with E-state index in [1.54, 1.807) is 18.7 Å². The predicted molar refractivity (Wildman–Crippen MR) is 90.3 cm³/mol. The lowest BCUT2D eigenvalue weighted by Crippen LogP contribution is -2.40. The van der Waals surface area contributed by atoms with Crippen molar-refractivity contribution in [2.75, 3.05) is 12.0 Å². The summed E-state index contributed by atoms with van der Waals surface area (Å²) in [6.45, 7) is 2.79. The fourth-order valence-corrected chi connectivity index (χ4v) is 2.24. The van der Waals surface area contributed by atoms with Gasteiger partial charge in [0.2, 0.25) is 5.91 Å². The van der Waals surface area contributed by atoms with E-state index in [2.05, 4.69) is 10.3 Å². The maximum atomic E-state index is 11.8. The normalized spacial score (nSPS) is 13.0. The molecule has 0 unspecified atom stereocenters. The van der Waals surface area contributed by atoms with E-state index in [1.165, 1.54) is 0 Å². The Bertz CT molecular complexity index is 486. The maximum absolute atomic E-state index is 11.8. The molecular formula is C15H24N4OS. The average Bonchev–Trinajstić information content (AvgIpc) is 2.48. The Hall–Kier alpha value is -1.53. The SMILES string of the molecule is CSCC[C@H](N)C(=O)NCc1cccc(CN=C(C)N)c1. The van der Waals surface area contributed by atoms with Crippen LogP contribution in [-0.2, 0) is 17.9 Å². The molecule has 0 aliphatic heterocycles. The molecule has 1 aromatic carbocycles. The summed E-state index contributed by atoms with van der Waals surface area (Å²) in [6.07, 6.45) is 2.69. The summed E-state index contributed by atoms with van der Waals surface area (Å²) in [7, 11) is 0. The van der Waals surface area contributed by atoms with Gasteiger partial charge in [-0.25, -0.2) is 0 Å². The minimum Gasteiger partial charge on any atom is -0.388 e. The zero-order valence-corrected chi connectivity index (χ0v) is 13.5. The summed E-state index contributed by atoms with van der Waals surface area (Å²) >= 11 is 1.69. The summed E-state index contributed by atoms with van der Waals surface area (Å²) in [5, 5.41) is 2.87. The molecule has 0 fully saturated rings. The van der Waals surface area contributed by atoms with Crippen molar-refractivity contribution in [3.8, 4) is 0 Å². The smallest absolute Gasteiger partial charge is 0.237 e. The Morgan fingerprint density at radius 1 is 1.43 bits per heavy atom. The molecule has 0 heterocycles. The Balaban J connectivity index is 2.49. The number of nitrogens with one attached hydrogen (secondary N) is 1. The molecule has 0 aliphatic carbocycles. The minimum atomic E-state index is -0.440. The molecule has 5 nitrogen and oxygen atoms in total. The summed E-state index contributed by atoms with van der Waals surface area (Å²) in [5.41, 5.74) is 13.4. The third-order valence-electron chi connectivity index (χ3n) is 2.94. The van der Waals surface area contributed by atoms with Crippen LogP contribution in [0.2, 0.25) is 0 Å². The van der Waals surface area contributed by atoms with Gasteiger partial charge in [-0.15, -0.1) is 0 Å². The number of hydrogen-bond donors (Lipinski definition) is 3. The quantitative estimate of drug-likeness (QED) is 0.498. The van der Waals surface area contributed by atoms with Gasteiger partial charge in [0.15, 0.2) is 0 Å². The van der Waals surface area contributed by atoms with Crippen LogP contribution >= 0.6 is 11.8 Å². The molecule has 0 radical (unpaired) electrons. The number of aliphatic imine (C=N–C) groups is 1. The number of thioether (sulfide) groups is 1. The van der Waals surface area contributed by atoms with Crippen LogP contribution in [0.1, 0.15) is 24.5 Å². The van der Waals surface area contributed by atoms with Gasteiger partial charge in [0.25, 0.3) is 0 Å². The highest BCUT2D eigenvalue weighted by molar-refractivity contribution is 7.98. The summed E-state index contributed by atoms with van der Waals surface area (Å²) in [5.74, 6) is 1.35. The molecule has 1 amide bonds. The number of nitrogens with zero attached hydrogens (tertiary/aromatic N) is 1. The van der Waals surface area contributed by atoms with E-state index in [4.69, 9.17) is 11.5 Å². The molecular weight excluding hydrogens is 284 g/mol. The van der Waals surface area contributed by atoms with Gasteiger partial charge in [-0.3, -0.25) is 9.79 Å². The minimum absolute atomic E-state index is 0.106. The molecule has 0 saturated carbocycles. The third-order valence-corrected chi connectivity index (χ3v) is 3.58. The highest BCUT2D eigenvalue weighted by Crippen LogP contribution is 2.07. The number of hydrogen-bond acceptors (Lipinski definition) is 4. The van der Waals surface area contributed by atoms with Crippen molar-refractivity contribution < 1.29 is 4.79 Å². The standard InChI is InChI=1S/C15H24N4OS/c1-11(16)18-9-12-4-3-5-13(8-12)10-19-15(20)14(17)6-7-21-2/h3-5,8,14H,6-7,9-10,17H2,1-2H3,(H2,16,18)(H,19,20)/t14-/m0/s1. The van der Waals surface area contributed by atoms with Crippen LogP contribution in [0.4, 0.5) is 0 Å². The first-order chi connectivity index (χ1) is 10.0. The van der Waals surface area contributed by atoms with Gasteiger partial charge < -0.3 is 16.8 Å². The Morgan fingerprint density at radius 2 is 2.14 bits per heavy atom. The molecule has 1 atom stereocenters. The molecule has 6 heteroatoms. The molecule has 0 spiro atoms. The topological polar surface area (TPSA) is 93.5 Å². The van der Waals surface area contributed by atoms with Gasteiger partial charge in [-0.05, 0) is 36.5 Å². The fraction of sp³-hybridized carbons (Fsp3) is 0.467. The van der Waals surface area contributed by atoms with Crippen LogP contribution in [0.3, 0.4) is 0 Å². The van der Waals surface area contributed by atoms with E-state index in [-0.39, 0.29) is 5.91 Å². The molecule has 116 valence electrons. The molecule has 1 aromatic rings. The van der Waals surface area contributed by atoms with Crippen molar-refractivity contribution in [3.63, 3.8) is 0 Å². The van der Waals surface area contributed by atoms with Crippen molar-refractivity contribution >= 4 is 23.5 Å². The van der Waals surface area contributed by atoms with Crippen LogP contribution in [0, 0.1) is 0 Å². The van der Waals surface area contributed by atoms with Crippen LogP contribution < -0.4 is 16.8 Å². The van der Waals surface area contributed by atoms with Crippen LogP contribution in [0.25, 0.3) is 0 Å². The first kappa shape index (κ1) is 17.5. The lowest BCUT2D eigenvalue weighted by atomic mass is 10.1. The summed E-state index contributed by atoms with van der Waals surface area (Å²) in [6, 6.07) is 7.48. The first-order valence-corrected chi connectivity index (χ1v) is 8.29. The van der Waals surface area contributed by atoms with E-state index in [9.17, 15) is 4.79 Å². The van der Waals surface area contributed by atoms with Crippen molar-refractivity contribution in [3.05, 3.63) is 35.4 Å². The van der Waals surface area contributed by atoms with Crippen molar-refractivity contribution in [1.82, 2.24) is 5.32 Å². The van der Waals surface area contributed by atoms with Crippen molar-refractivity contribution in [1.29, 1.82) is 0 Å². The lowest BCUT2D eigenvalue weighted by Gasteiger charge is -2.12.